The van der Waals surface area contributed by atoms with Crippen molar-refractivity contribution in [3.8, 4) is 10.6 Å². The first-order chi connectivity index (χ1) is 16.9. The molecule has 0 radical (unpaired) electrons. The van der Waals surface area contributed by atoms with E-state index in [-0.39, 0.29) is 30.4 Å². The molecule has 182 valence electrons. The third-order valence-corrected chi connectivity index (χ3v) is 7.63. The smallest absolute Gasteiger partial charge is 0.228 e. The van der Waals surface area contributed by atoms with Crippen LogP contribution in [0.15, 0.2) is 42.5 Å². The summed E-state index contributed by atoms with van der Waals surface area (Å²) < 4.78 is 0. The second kappa shape index (κ2) is 9.85. The Hall–Kier alpha value is -3.14. The maximum Gasteiger partial charge on any atom is 0.228 e. The van der Waals surface area contributed by atoms with E-state index in [1.165, 1.54) is 0 Å². The summed E-state index contributed by atoms with van der Waals surface area (Å²) in [4.78, 5) is 29.1. The largest absolute Gasteiger partial charge is 0.392 e. The van der Waals surface area contributed by atoms with Crippen LogP contribution in [0.5, 0.6) is 0 Å². The van der Waals surface area contributed by atoms with E-state index in [1.807, 2.05) is 50.4 Å². The zero-order valence-corrected chi connectivity index (χ0v) is 20.7. The van der Waals surface area contributed by atoms with E-state index in [0.717, 1.165) is 50.9 Å². The van der Waals surface area contributed by atoms with E-state index in [0.29, 0.717) is 19.5 Å². The van der Waals surface area contributed by atoms with Crippen molar-refractivity contribution in [3.63, 3.8) is 0 Å². The Bertz CT molecular complexity index is 1260. The van der Waals surface area contributed by atoms with Gasteiger partial charge in [0, 0.05) is 37.9 Å². The zero-order valence-electron chi connectivity index (χ0n) is 19.9. The Labute approximate surface area is 208 Å². The summed E-state index contributed by atoms with van der Waals surface area (Å²) in [5, 5.41) is 23.1. The maximum absolute atomic E-state index is 13.4. The average molecular weight is 492 g/mol. The number of hydrogen-bond donors (Lipinski definition) is 2. The lowest BCUT2D eigenvalue weighted by Gasteiger charge is -2.32. The van der Waals surface area contributed by atoms with Crippen molar-refractivity contribution in [3.05, 3.63) is 64.2 Å². The highest BCUT2D eigenvalue weighted by atomic mass is 32.1. The van der Waals surface area contributed by atoms with E-state index >= 15 is 0 Å². The number of likely N-dealkylation sites (tertiary alicyclic amines) is 1. The summed E-state index contributed by atoms with van der Waals surface area (Å²) in [5.74, 6) is -0.0184. The molecule has 2 aliphatic rings. The van der Waals surface area contributed by atoms with Gasteiger partial charge in [-0.3, -0.25) is 14.5 Å². The number of β-amino-alcohol motifs (C(OH)–C–C–N with tert-alkyl or cyclic N) is 1. The average Bonchev–Trinajstić information content (AvgIpc) is 3.56. The van der Waals surface area contributed by atoms with Gasteiger partial charge in [0.1, 0.15) is 10.0 Å². The number of aromatic nitrogens is 2. The fourth-order valence-corrected chi connectivity index (χ4v) is 5.50. The van der Waals surface area contributed by atoms with Crippen molar-refractivity contribution >= 4 is 28.8 Å². The predicted molar refractivity (Wildman–Crippen MR) is 135 cm³/mol. The first kappa shape index (κ1) is 23.6. The molecule has 2 aromatic carbocycles. The fraction of sp³-hybridized carbons (Fsp3) is 0.385. The lowest BCUT2D eigenvalue weighted by molar-refractivity contribution is -0.131. The van der Waals surface area contributed by atoms with Crippen molar-refractivity contribution in [2.24, 2.45) is 0 Å². The van der Waals surface area contributed by atoms with Crippen molar-refractivity contribution < 1.29 is 14.7 Å². The van der Waals surface area contributed by atoms with Gasteiger partial charge in [0.05, 0.1) is 25.0 Å². The number of hydrogen-bond acceptors (Lipinski definition) is 7. The molecule has 0 unspecified atom stereocenters. The normalized spacial score (nSPS) is 18.4. The quantitative estimate of drug-likeness (QED) is 0.527. The third kappa shape index (κ3) is 5.27. The topological polar surface area (TPSA) is 98.7 Å². The second-order valence-corrected chi connectivity index (χ2v) is 10.5. The molecule has 0 bridgehead atoms. The highest BCUT2D eigenvalue weighted by Crippen LogP contribution is 2.30. The molecule has 2 atom stereocenters. The minimum absolute atomic E-state index is 0.00354. The Balaban J connectivity index is 1.39. The van der Waals surface area contributed by atoms with Crippen LogP contribution in [-0.4, -0.2) is 69.7 Å². The fourth-order valence-electron chi connectivity index (χ4n) is 4.81. The Morgan fingerprint density at radius 2 is 2.14 bits per heavy atom. The van der Waals surface area contributed by atoms with Gasteiger partial charge in [-0.05, 0) is 42.2 Å². The lowest BCUT2D eigenvalue weighted by Crippen LogP contribution is -2.39. The number of aryl methyl sites for hydroxylation is 1. The van der Waals surface area contributed by atoms with Gasteiger partial charge < -0.3 is 15.3 Å². The van der Waals surface area contributed by atoms with Gasteiger partial charge in [-0.15, -0.1) is 10.2 Å². The van der Waals surface area contributed by atoms with Crippen molar-refractivity contribution in [1.82, 2.24) is 20.0 Å². The molecule has 0 aliphatic carbocycles. The molecular formula is C26H29N5O3S. The summed E-state index contributed by atoms with van der Waals surface area (Å²) in [7, 11) is 1.84. The van der Waals surface area contributed by atoms with Gasteiger partial charge in [0.2, 0.25) is 11.8 Å². The number of fused-ring (bicyclic) bond motifs is 1. The number of aliphatic hydroxyl groups excluding tert-OH is 1. The van der Waals surface area contributed by atoms with Crippen molar-refractivity contribution in [2.75, 3.05) is 32.0 Å². The molecular weight excluding hydrogens is 462 g/mol. The molecule has 2 amide bonds. The van der Waals surface area contributed by atoms with E-state index < -0.39 is 0 Å². The van der Waals surface area contributed by atoms with E-state index in [4.69, 9.17) is 0 Å². The molecule has 5 rings (SSSR count). The van der Waals surface area contributed by atoms with Gasteiger partial charge in [-0.25, -0.2) is 0 Å². The summed E-state index contributed by atoms with van der Waals surface area (Å²) in [6.07, 6.45) is 1.05. The first-order valence-corrected chi connectivity index (χ1v) is 12.7. The molecule has 3 aromatic rings. The van der Waals surface area contributed by atoms with Crippen LogP contribution in [0.3, 0.4) is 0 Å². The summed E-state index contributed by atoms with van der Waals surface area (Å²) in [5.41, 5.74) is 4.64. The number of benzene rings is 2. The summed E-state index contributed by atoms with van der Waals surface area (Å²) in [6.45, 7) is 3.99. The molecule has 2 aliphatic heterocycles. The number of carbonyl (C=O) groups excluding carboxylic acids is 2. The first-order valence-electron chi connectivity index (χ1n) is 11.8. The van der Waals surface area contributed by atoms with Crippen LogP contribution in [0.2, 0.25) is 0 Å². The lowest BCUT2D eigenvalue weighted by atomic mass is 10.0. The van der Waals surface area contributed by atoms with Gasteiger partial charge in [-0.2, -0.15) is 0 Å². The summed E-state index contributed by atoms with van der Waals surface area (Å²) in [6, 6.07) is 13.7. The molecule has 9 heteroatoms. The highest BCUT2D eigenvalue weighted by Gasteiger charge is 2.29. The van der Waals surface area contributed by atoms with Crippen LogP contribution < -0.4 is 5.32 Å². The molecule has 35 heavy (non-hydrogen) atoms. The van der Waals surface area contributed by atoms with Crippen LogP contribution in [0, 0.1) is 6.92 Å². The monoisotopic (exact) mass is 491 g/mol. The number of anilines is 1. The minimum Gasteiger partial charge on any atom is -0.392 e. The van der Waals surface area contributed by atoms with E-state index in [2.05, 4.69) is 26.5 Å². The molecule has 1 saturated heterocycles. The SMILES string of the molecule is Cc1nnc(-c2cccc([C@@H](CN3CC[C@H](O)C3)N(C)C(=O)Cc3ccc4c(c3)NC(=O)C4)c2)s1. The van der Waals surface area contributed by atoms with Crippen LogP contribution in [0.4, 0.5) is 5.69 Å². The molecule has 0 spiro atoms. The summed E-state index contributed by atoms with van der Waals surface area (Å²) >= 11 is 1.54. The van der Waals surface area contributed by atoms with Gasteiger partial charge in [0.15, 0.2) is 0 Å². The molecule has 2 N–H and O–H groups in total. The number of nitrogens with zero attached hydrogens (tertiary/aromatic N) is 4. The van der Waals surface area contributed by atoms with Crippen LogP contribution in [0.25, 0.3) is 10.6 Å². The number of rotatable bonds is 7. The molecule has 0 saturated carbocycles. The predicted octanol–water partition coefficient (Wildman–Crippen LogP) is 2.82. The number of aliphatic hydroxyl groups is 1. The molecule has 3 heterocycles. The molecule has 8 nitrogen and oxygen atoms in total. The van der Waals surface area contributed by atoms with Crippen LogP contribution in [-0.2, 0) is 22.4 Å². The van der Waals surface area contributed by atoms with E-state index in [9.17, 15) is 14.7 Å². The Morgan fingerprint density at radius 3 is 2.89 bits per heavy atom. The third-order valence-electron chi connectivity index (χ3n) is 6.74. The van der Waals surface area contributed by atoms with Crippen molar-refractivity contribution in [2.45, 2.75) is 38.3 Å². The van der Waals surface area contributed by atoms with Crippen LogP contribution >= 0.6 is 11.3 Å². The van der Waals surface area contributed by atoms with E-state index in [1.54, 1.807) is 16.2 Å². The van der Waals surface area contributed by atoms with Crippen LogP contribution in [0.1, 0.15) is 34.2 Å². The van der Waals surface area contributed by atoms with Gasteiger partial charge >= 0.3 is 0 Å². The molecule has 1 fully saturated rings. The Kier molecular flexibility index (Phi) is 6.64. The number of amides is 2. The zero-order chi connectivity index (χ0) is 24.5. The van der Waals surface area contributed by atoms with Gasteiger partial charge in [-0.1, -0.05) is 41.7 Å². The molecule has 1 aromatic heterocycles. The number of likely N-dealkylation sites (N-methyl/N-ethyl adjacent to an activating group) is 1. The Morgan fingerprint density at radius 1 is 1.29 bits per heavy atom. The minimum atomic E-state index is -0.325. The second-order valence-electron chi connectivity index (χ2n) is 9.37. The van der Waals surface area contributed by atoms with Gasteiger partial charge in [0.25, 0.3) is 0 Å². The maximum atomic E-state index is 13.4. The van der Waals surface area contributed by atoms with Crippen molar-refractivity contribution in [1.29, 1.82) is 0 Å². The standard InChI is InChI=1S/C26H29N5O3S/c1-16-28-29-26(35-16)20-5-3-4-19(12-20)23(15-31-9-8-21(32)14-31)30(2)25(34)11-17-6-7-18-13-24(33)27-22(18)10-17/h3-7,10,12,21,23,32H,8-9,11,13-15H2,1-2H3,(H,27,33)/t21-,23+/m0/s1. The number of nitrogens with one attached hydrogen (secondary N) is 1. The highest BCUT2D eigenvalue weighted by molar-refractivity contribution is 7.14. The number of carbonyl (C=O) groups is 2.